The van der Waals surface area contributed by atoms with Gasteiger partial charge in [-0.2, -0.15) is 0 Å². The van der Waals surface area contributed by atoms with Crippen LogP contribution in [0.1, 0.15) is 24.8 Å². The molecule has 1 aromatic carbocycles. The average molecular weight is 264 g/mol. The molecule has 0 aliphatic heterocycles. The molecule has 0 bridgehead atoms. The van der Waals surface area contributed by atoms with Gasteiger partial charge in [-0.1, -0.05) is 30.3 Å². The fraction of sp³-hybridized carbons (Fsp3) is 0.429. The first-order valence-electron chi connectivity index (χ1n) is 6.41. The van der Waals surface area contributed by atoms with Gasteiger partial charge < -0.3 is 15.8 Å². The number of amides is 2. The average Bonchev–Trinajstić information content (AvgIpc) is 2.41. The maximum Gasteiger partial charge on any atom is 0.407 e. The minimum absolute atomic E-state index is 0.188. The zero-order valence-electron chi connectivity index (χ0n) is 10.9. The van der Waals surface area contributed by atoms with Crippen molar-refractivity contribution in [3.05, 3.63) is 35.9 Å². The second-order valence-electron chi connectivity index (χ2n) is 4.25. The van der Waals surface area contributed by atoms with E-state index in [9.17, 15) is 9.59 Å². The zero-order chi connectivity index (χ0) is 13.9. The lowest BCUT2D eigenvalue weighted by atomic mass is 10.1. The van der Waals surface area contributed by atoms with E-state index in [-0.39, 0.29) is 6.54 Å². The molecule has 5 heteroatoms. The third-order valence-electron chi connectivity index (χ3n) is 2.59. The molecule has 2 amide bonds. The Morgan fingerprint density at radius 3 is 2.53 bits per heavy atom. The molecule has 0 saturated carbocycles. The van der Waals surface area contributed by atoms with E-state index < -0.39 is 12.0 Å². The summed E-state index contributed by atoms with van der Waals surface area (Å²) in [6.45, 7) is 0.173. The predicted octanol–water partition coefficient (Wildman–Crippen LogP) is 1.61. The number of unbranched alkanes of at least 4 members (excludes halogenated alkanes) is 2. The van der Waals surface area contributed by atoms with Crippen LogP contribution in [0.2, 0.25) is 0 Å². The first-order valence-corrected chi connectivity index (χ1v) is 6.41. The topological polar surface area (TPSA) is 81.4 Å². The van der Waals surface area contributed by atoms with Crippen molar-refractivity contribution in [3.63, 3.8) is 0 Å². The molecular weight excluding hydrogens is 244 g/mol. The van der Waals surface area contributed by atoms with E-state index in [4.69, 9.17) is 10.5 Å². The second kappa shape index (κ2) is 8.97. The molecule has 0 aliphatic rings. The molecule has 104 valence electrons. The van der Waals surface area contributed by atoms with E-state index in [0.29, 0.717) is 6.61 Å². The number of nitrogens with two attached hydrogens (primary N) is 1. The summed E-state index contributed by atoms with van der Waals surface area (Å²) in [5, 5.41) is 2.26. The van der Waals surface area contributed by atoms with Crippen LogP contribution in [0.25, 0.3) is 0 Å². The SMILES string of the molecule is NC(=O)CNC(=O)OCCCCCc1ccccc1. The minimum atomic E-state index is -0.596. The normalized spacial score (nSPS) is 9.89. The predicted molar refractivity (Wildman–Crippen MR) is 72.5 cm³/mol. The van der Waals surface area contributed by atoms with Gasteiger partial charge in [-0.3, -0.25) is 4.79 Å². The molecule has 0 saturated heterocycles. The molecule has 3 N–H and O–H groups in total. The molecule has 0 aliphatic carbocycles. The van der Waals surface area contributed by atoms with Gasteiger partial charge in [-0.25, -0.2) is 4.79 Å². The summed E-state index contributed by atoms with van der Waals surface area (Å²) < 4.78 is 4.89. The van der Waals surface area contributed by atoms with Crippen molar-refractivity contribution in [1.29, 1.82) is 0 Å². The van der Waals surface area contributed by atoms with Gasteiger partial charge in [0.2, 0.25) is 5.91 Å². The smallest absolute Gasteiger partial charge is 0.407 e. The third kappa shape index (κ3) is 7.81. The number of ether oxygens (including phenoxy) is 1. The molecular formula is C14H20N2O3. The van der Waals surface area contributed by atoms with E-state index in [1.807, 2.05) is 18.2 Å². The van der Waals surface area contributed by atoms with Crippen LogP contribution in [0.5, 0.6) is 0 Å². The number of primary amides is 1. The Morgan fingerprint density at radius 2 is 1.84 bits per heavy atom. The highest BCUT2D eigenvalue weighted by molar-refractivity contribution is 5.80. The molecule has 0 aromatic heterocycles. The Labute approximate surface area is 113 Å². The molecule has 0 spiro atoms. The summed E-state index contributed by atoms with van der Waals surface area (Å²) in [7, 11) is 0. The van der Waals surface area contributed by atoms with Gasteiger partial charge in [-0.05, 0) is 31.2 Å². The van der Waals surface area contributed by atoms with Gasteiger partial charge in [0.25, 0.3) is 0 Å². The molecule has 0 radical (unpaired) electrons. The van der Waals surface area contributed by atoms with Crippen LogP contribution in [-0.2, 0) is 16.0 Å². The van der Waals surface area contributed by atoms with Gasteiger partial charge in [0.05, 0.1) is 13.2 Å². The first kappa shape index (κ1) is 15.0. The van der Waals surface area contributed by atoms with Crippen LogP contribution >= 0.6 is 0 Å². The number of benzene rings is 1. The number of hydrogen-bond donors (Lipinski definition) is 2. The summed E-state index contributed by atoms with van der Waals surface area (Å²) in [5.41, 5.74) is 6.20. The molecule has 0 atom stereocenters. The van der Waals surface area contributed by atoms with Crippen LogP contribution in [0.15, 0.2) is 30.3 Å². The minimum Gasteiger partial charge on any atom is -0.450 e. The molecule has 5 nitrogen and oxygen atoms in total. The molecule has 19 heavy (non-hydrogen) atoms. The maximum atomic E-state index is 11.1. The largest absolute Gasteiger partial charge is 0.450 e. The van der Waals surface area contributed by atoms with Crippen LogP contribution in [-0.4, -0.2) is 25.2 Å². The van der Waals surface area contributed by atoms with Crippen molar-refractivity contribution in [2.75, 3.05) is 13.2 Å². The van der Waals surface area contributed by atoms with E-state index in [2.05, 4.69) is 17.4 Å². The van der Waals surface area contributed by atoms with Crippen molar-refractivity contribution < 1.29 is 14.3 Å². The summed E-state index contributed by atoms with van der Waals surface area (Å²) in [6.07, 6.45) is 3.32. The lowest BCUT2D eigenvalue weighted by molar-refractivity contribution is -0.117. The molecule has 1 aromatic rings. The highest BCUT2D eigenvalue weighted by Gasteiger charge is 2.02. The number of hydrogen-bond acceptors (Lipinski definition) is 3. The van der Waals surface area contributed by atoms with E-state index in [1.54, 1.807) is 0 Å². The first-order chi connectivity index (χ1) is 9.18. The quantitative estimate of drug-likeness (QED) is 0.700. The van der Waals surface area contributed by atoms with Gasteiger partial charge in [0.1, 0.15) is 0 Å². The highest BCUT2D eigenvalue weighted by Crippen LogP contribution is 2.06. The van der Waals surface area contributed by atoms with Crippen LogP contribution < -0.4 is 11.1 Å². The van der Waals surface area contributed by atoms with Gasteiger partial charge >= 0.3 is 6.09 Å². The van der Waals surface area contributed by atoms with Crippen molar-refractivity contribution in [2.24, 2.45) is 5.73 Å². The Kier molecular flexibility index (Phi) is 7.09. The molecule has 1 rings (SSSR count). The van der Waals surface area contributed by atoms with E-state index in [1.165, 1.54) is 5.56 Å². The molecule has 0 heterocycles. The summed E-state index contributed by atoms with van der Waals surface area (Å²) in [4.78, 5) is 21.5. The van der Waals surface area contributed by atoms with Crippen LogP contribution in [0, 0.1) is 0 Å². The number of nitrogens with one attached hydrogen (secondary N) is 1. The standard InChI is InChI=1S/C14H20N2O3/c15-13(17)11-16-14(18)19-10-6-2-5-9-12-7-3-1-4-8-12/h1,3-4,7-8H,2,5-6,9-11H2,(H2,15,17)(H,16,18). The number of alkyl carbamates (subject to hydrolysis) is 1. The number of carbonyl (C=O) groups is 2. The fourth-order valence-electron chi connectivity index (χ4n) is 1.63. The van der Waals surface area contributed by atoms with Crippen molar-refractivity contribution >= 4 is 12.0 Å². The zero-order valence-corrected chi connectivity index (χ0v) is 10.9. The van der Waals surface area contributed by atoms with E-state index in [0.717, 1.165) is 25.7 Å². The summed E-state index contributed by atoms with van der Waals surface area (Å²) in [5.74, 6) is -0.584. The summed E-state index contributed by atoms with van der Waals surface area (Å²) in [6, 6.07) is 10.3. The molecule has 0 unspecified atom stereocenters. The van der Waals surface area contributed by atoms with Crippen LogP contribution in [0.4, 0.5) is 4.79 Å². The number of carbonyl (C=O) groups excluding carboxylic acids is 2. The third-order valence-corrected chi connectivity index (χ3v) is 2.59. The lowest BCUT2D eigenvalue weighted by Gasteiger charge is -2.05. The van der Waals surface area contributed by atoms with Gasteiger partial charge in [0, 0.05) is 0 Å². The van der Waals surface area contributed by atoms with Crippen molar-refractivity contribution in [2.45, 2.75) is 25.7 Å². The van der Waals surface area contributed by atoms with Gasteiger partial charge in [-0.15, -0.1) is 0 Å². The van der Waals surface area contributed by atoms with E-state index >= 15 is 0 Å². The Morgan fingerprint density at radius 1 is 1.11 bits per heavy atom. The monoisotopic (exact) mass is 264 g/mol. The van der Waals surface area contributed by atoms with Crippen molar-refractivity contribution in [3.8, 4) is 0 Å². The Bertz CT molecular complexity index is 393. The Balaban J connectivity index is 1.96. The van der Waals surface area contributed by atoms with Gasteiger partial charge in [0.15, 0.2) is 0 Å². The van der Waals surface area contributed by atoms with Crippen LogP contribution in [0.3, 0.4) is 0 Å². The lowest BCUT2D eigenvalue weighted by Crippen LogP contribution is -2.33. The molecule has 0 fully saturated rings. The number of aryl methyl sites for hydroxylation is 1. The highest BCUT2D eigenvalue weighted by atomic mass is 16.5. The Hall–Kier alpha value is -2.04. The maximum absolute atomic E-state index is 11.1. The fourth-order valence-corrected chi connectivity index (χ4v) is 1.63. The second-order valence-corrected chi connectivity index (χ2v) is 4.25. The van der Waals surface area contributed by atoms with Crippen molar-refractivity contribution in [1.82, 2.24) is 5.32 Å². The number of rotatable bonds is 8. The summed E-state index contributed by atoms with van der Waals surface area (Å²) >= 11 is 0.